The Bertz CT molecular complexity index is 1610. The van der Waals surface area contributed by atoms with Crippen molar-refractivity contribution in [1.82, 2.24) is 19.7 Å². The van der Waals surface area contributed by atoms with E-state index in [1.807, 2.05) is 0 Å². The lowest BCUT2D eigenvalue weighted by Crippen LogP contribution is -2.32. The summed E-state index contributed by atoms with van der Waals surface area (Å²) in [6.45, 7) is 1.71. The highest BCUT2D eigenvalue weighted by Crippen LogP contribution is 2.43. The molecule has 0 fully saturated rings. The number of benzene rings is 2. The summed E-state index contributed by atoms with van der Waals surface area (Å²) in [4.78, 5) is 33.9. The fourth-order valence-corrected chi connectivity index (χ4v) is 4.59. The summed E-state index contributed by atoms with van der Waals surface area (Å²) in [6.07, 6.45) is 3.10. The van der Waals surface area contributed by atoms with Gasteiger partial charge < -0.3 is 24.8 Å². The van der Waals surface area contributed by atoms with Gasteiger partial charge in [-0.3, -0.25) is 19.9 Å². The number of pyridine rings is 1. The van der Waals surface area contributed by atoms with Gasteiger partial charge in [-0.1, -0.05) is 12.1 Å². The molecule has 2 aromatic carbocycles. The first-order chi connectivity index (χ1) is 19.4. The number of carbonyl (C=O) groups is 1. The zero-order valence-electron chi connectivity index (χ0n) is 22.0. The van der Waals surface area contributed by atoms with Gasteiger partial charge in [-0.25, -0.2) is 4.68 Å². The monoisotopic (exact) mass is 543 g/mol. The van der Waals surface area contributed by atoms with Crippen LogP contribution in [0.1, 0.15) is 18.5 Å². The number of aromatic nitrogens is 4. The van der Waals surface area contributed by atoms with Gasteiger partial charge >= 0.3 is 0 Å². The predicted octanol–water partition coefficient (Wildman–Crippen LogP) is 4.20. The van der Waals surface area contributed by atoms with Crippen LogP contribution in [0, 0.1) is 10.1 Å². The van der Waals surface area contributed by atoms with Crippen molar-refractivity contribution in [3.63, 3.8) is 0 Å². The van der Waals surface area contributed by atoms with Crippen LogP contribution in [0.5, 0.6) is 17.2 Å². The fourth-order valence-electron chi connectivity index (χ4n) is 4.59. The van der Waals surface area contributed by atoms with Gasteiger partial charge in [0, 0.05) is 23.5 Å². The van der Waals surface area contributed by atoms with E-state index in [9.17, 15) is 14.9 Å². The minimum absolute atomic E-state index is 0.162. The predicted molar refractivity (Wildman–Crippen MR) is 146 cm³/mol. The second kappa shape index (κ2) is 10.7. The Balaban J connectivity index is 1.67. The summed E-state index contributed by atoms with van der Waals surface area (Å²) in [7, 11) is 4.50. The number of amides is 1. The topological polar surface area (TPSA) is 156 Å². The quantitative estimate of drug-likeness (QED) is 0.244. The molecule has 0 saturated carbocycles. The molecule has 204 valence electrons. The Labute approximate surface area is 228 Å². The Kier molecular flexibility index (Phi) is 7.01. The van der Waals surface area contributed by atoms with Crippen LogP contribution < -0.4 is 24.8 Å². The number of para-hydroxylation sites is 1. The van der Waals surface area contributed by atoms with E-state index in [-0.39, 0.29) is 22.6 Å². The molecule has 0 aliphatic carbocycles. The van der Waals surface area contributed by atoms with Gasteiger partial charge in [-0.05, 0) is 37.3 Å². The maximum Gasteiger partial charge on any atom is 0.275 e. The van der Waals surface area contributed by atoms with Crippen LogP contribution in [-0.4, -0.2) is 51.9 Å². The number of allylic oxidation sites excluding steroid dienone is 1. The van der Waals surface area contributed by atoms with E-state index in [0.717, 1.165) is 0 Å². The first-order valence-corrected chi connectivity index (χ1v) is 12.1. The lowest BCUT2D eigenvalue weighted by Gasteiger charge is -2.28. The van der Waals surface area contributed by atoms with Crippen molar-refractivity contribution in [2.75, 3.05) is 32.0 Å². The second-order valence-corrected chi connectivity index (χ2v) is 8.70. The molecule has 2 N–H and O–H groups in total. The molecule has 1 amide bonds. The molecule has 1 aliphatic rings. The maximum absolute atomic E-state index is 13.7. The van der Waals surface area contributed by atoms with E-state index in [1.165, 1.54) is 38.3 Å². The number of carbonyl (C=O) groups excluding carboxylic acids is 1. The first kappa shape index (κ1) is 26.2. The molecule has 3 heterocycles. The number of nitro benzene ring substituents is 1. The third kappa shape index (κ3) is 4.64. The number of ether oxygens (including phenoxy) is 3. The number of hydrogen-bond acceptors (Lipinski definition) is 10. The number of nitro groups is 1. The van der Waals surface area contributed by atoms with Crippen LogP contribution in [0.15, 0.2) is 72.2 Å². The van der Waals surface area contributed by atoms with Crippen molar-refractivity contribution in [2.45, 2.75) is 13.0 Å². The number of nitrogens with one attached hydrogen (secondary N) is 2. The highest BCUT2D eigenvalue weighted by molar-refractivity contribution is 6.06. The zero-order chi connectivity index (χ0) is 28.4. The molecule has 13 nitrogen and oxygen atoms in total. The average Bonchev–Trinajstić information content (AvgIpc) is 3.39. The standard InChI is InChI=1S/C27H25N7O6/c1-15-22(26(35)30-17-8-7-11-28-14-17)23(18-9-5-6-10-19(18)34(36)37)33-27(29-15)31-25(32-33)16-12-20(38-2)24(40-4)21(13-16)39-3/h5-14,23H,1-4H3,(H,30,35)(H,29,31,32). The van der Waals surface area contributed by atoms with Crippen LogP contribution in [0.2, 0.25) is 0 Å². The summed E-state index contributed by atoms with van der Waals surface area (Å²) in [5.41, 5.74) is 1.81. The van der Waals surface area contributed by atoms with E-state index in [2.05, 4.69) is 20.6 Å². The molecule has 5 rings (SSSR count). The van der Waals surface area contributed by atoms with E-state index in [4.69, 9.17) is 19.3 Å². The van der Waals surface area contributed by atoms with Gasteiger partial charge in [0.25, 0.3) is 11.6 Å². The van der Waals surface area contributed by atoms with Crippen LogP contribution in [0.3, 0.4) is 0 Å². The molecule has 0 radical (unpaired) electrons. The van der Waals surface area contributed by atoms with Crippen molar-refractivity contribution in [1.29, 1.82) is 0 Å². The lowest BCUT2D eigenvalue weighted by molar-refractivity contribution is -0.385. The Morgan fingerprint density at radius 3 is 2.42 bits per heavy atom. The summed E-state index contributed by atoms with van der Waals surface area (Å²) in [5, 5.41) is 22.7. The second-order valence-electron chi connectivity index (χ2n) is 8.70. The maximum atomic E-state index is 13.7. The third-order valence-electron chi connectivity index (χ3n) is 6.37. The number of hydrogen-bond donors (Lipinski definition) is 2. The van der Waals surface area contributed by atoms with Gasteiger partial charge in [0.15, 0.2) is 17.3 Å². The smallest absolute Gasteiger partial charge is 0.275 e. The molecule has 2 aromatic heterocycles. The number of fused-ring (bicyclic) bond motifs is 1. The summed E-state index contributed by atoms with van der Waals surface area (Å²) in [6, 6.07) is 12.0. The van der Waals surface area contributed by atoms with Gasteiger partial charge in [-0.15, -0.1) is 5.10 Å². The first-order valence-electron chi connectivity index (χ1n) is 12.1. The Hall–Kier alpha value is -5.46. The normalized spacial score (nSPS) is 14.2. The fraction of sp³-hybridized carbons (Fsp3) is 0.185. The van der Waals surface area contributed by atoms with Crippen molar-refractivity contribution in [3.8, 4) is 28.6 Å². The van der Waals surface area contributed by atoms with Crippen molar-refractivity contribution < 1.29 is 23.9 Å². The molecule has 4 aromatic rings. The minimum Gasteiger partial charge on any atom is -0.493 e. The van der Waals surface area contributed by atoms with Crippen molar-refractivity contribution >= 4 is 23.2 Å². The van der Waals surface area contributed by atoms with Crippen LogP contribution in [-0.2, 0) is 4.79 Å². The van der Waals surface area contributed by atoms with Gasteiger partial charge in [0.2, 0.25) is 11.7 Å². The number of rotatable bonds is 8. The molecule has 1 unspecified atom stereocenters. The number of methoxy groups -OCH3 is 3. The highest BCUT2D eigenvalue weighted by Gasteiger charge is 2.38. The Morgan fingerprint density at radius 2 is 1.80 bits per heavy atom. The molecule has 1 atom stereocenters. The SMILES string of the molecule is COc1cc(-c2nc3n(n2)C(c2ccccc2[N+](=O)[O-])C(C(=O)Nc2cccnc2)=C(C)N3)cc(OC)c1OC. The molecule has 13 heteroatoms. The molecule has 0 bridgehead atoms. The molecule has 0 saturated heterocycles. The number of nitrogens with zero attached hydrogens (tertiary/aromatic N) is 5. The molecule has 0 spiro atoms. The third-order valence-corrected chi connectivity index (χ3v) is 6.37. The minimum atomic E-state index is -0.974. The van der Waals surface area contributed by atoms with Crippen LogP contribution in [0.4, 0.5) is 17.3 Å². The van der Waals surface area contributed by atoms with Gasteiger partial charge in [0.1, 0.15) is 6.04 Å². The average molecular weight is 544 g/mol. The zero-order valence-corrected chi connectivity index (χ0v) is 22.0. The van der Waals surface area contributed by atoms with E-state index in [1.54, 1.807) is 55.6 Å². The van der Waals surface area contributed by atoms with Gasteiger partial charge in [-0.2, -0.15) is 4.98 Å². The largest absolute Gasteiger partial charge is 0.493 e. The number of anilines is 2. The molecular formula is C27H25N7O6. The van der Waals surface area contributed by atoms with Crippen molar-refractivity contribution in [3.05, 3.63) is 87.9 Å². The summed E-state index contributed by atoms with van der Waals surface area (Å²) < 4.78 is 17.8. The molecule has 40 heavy (non-hydrogen) atoms. The Morgan fingerprint density at radius 1 is 1.07 bits per heavy atom. The van der Waals surface area contributed by atoms with Crippen LogP contribution >= 0.6 is 0 Å². The van der Waals surface area contributed by atoms with E-state index < -0.39 is 16.9 Å². The van der Waals surface area contributed by atoms with Crippen LogP contribution in [0.25, 0.3) is 11.4 Å². The van der Waals surface area contributed by atoms with Gasteiger partial charge in [0.05, 0.1) is 49.3 Å². The molecular weight excluding hydrogens is 518 g/mol. The van der Waals surface area contributed by atoms with Crippen molar-refractivity contribution in [2.24, 2.45) is 0 Å². The van der Waals surface area contributed by atoms with E-state index in [0.29, 0.717) is 40.1 Å². The lowest BCUT2D eigenvalue weighted by atomic mass is 9.93. The highest BCUT2D eigenvalue weighted by atomic mass is 16.6. The van der Waals surface area contributed by atoms with E-state index >= 15 is 0 Å². The summed E-state index contributed by atoms with van der Waals surface area (Å²) in [5.74, 6) is 1.30. The molecule has 1 aliphatic heterocycles. The summed E-state index contributed by atoms with van der Waals surface area (Å²) >= 11 is 0.